The average Bonchev–Trinajstić information content (AvgIpc) is 2.78. The van der Waals surface area contributed by atoms with Gasteiger partial charge in [0.2, 0.25) is 0 Å². The number of pyridine rings is 1. The topological polar surface area (TPSA) is 50.9 Å². The zero-order valence-corrected chi connectivity index (χ0v) is 9.24. The lowest BCUT2D eigenvalue weighted by atomic mass is 10.1. The molecule has 2 aromatic rings. The zero-order chi connectivity index (χ0) is 11.4. The molecule has 0 aliphatic heterocycles. The third kappa shape index (κ3) is 2.12. The van der Waals surface area contributed by atoms with Crippen LogP contribution in [-0.4, -0.2) is 19.6 Å². The van der Waals surface area contributed by atoms with Crippen LogP contribution >= 0.6 is 0 Å². The van der Waals surface area contributed by atoms with Crippen molar-refractivity contribution >= 4 is 0 Å². The van der Waals surface area contributed by atoms with Crippen LogP contribution in [0.5, 0.6) is 0 Å². The van der Waals surface area contributed by atoms with Crippen LogP contribution in [0.2, 0.25) is 0 Å². The van der Waals surface area contributed by atoms with Crippen molar-refractivity contribution in [3.63, 3.8) is 0 Å². The number of aliphatic hydroxyl groups is 1. The van der Waals surface area contributed by atoms with Gasteiger partial charge >= 0.3 is 0 Å². The SMILES string of the molecule is CCCn1cncc1C(O)c1cccnc1. The van der Waals surface area contributed by atoms with Gasteiger partial charge in [-0.3, -0.25) is 4.98 Å². The standard InChI is InChI=1S/C12H15N3O/c1-2-6-15-9-14-8-11(15)12(16)10-4-3-5-13-7-10/h3-5,7-9,12,16H,2,6H2,1H3. The molecular formula is C12H15N3O. The zero-order valence-electron chi connectivity index (χ0n) is 9.24. The molecular weight excluding hydrogens is 202 g/mol. The average molecular weight is 217 g/mol. The smallest absolute Gasteiger partial charge is 0.122 e. The van der Waals surface area contributed by atoms with Gasteiger partial charge in [0.05, 0.1) is 18.2 Å². The third-order valence-electron chi connectivity index (χ3n) is 2.49. The Balaban J connectivity index is 2.27. The molecule has 0 radical (unpaired) electrons. The van der Waals surface area contributed by atoms with E-state index in [0.717, 1.165) is 24.2 Å². The van der Waals surface area contributed by atoms with E-state index in [1.807, 2.05) is 16.7 Å². The molecule has 2 heterocycles. The van der Waals surface area contributed by atoms with Crippen LogP contribution in [0.15, 0.2) is 37.1 Å². The summed E-state index contributed by atoms with van der Waals surface area (Å²) in [4.78, 5) is 8.07. The highest BCUT2D eigenvalue weighted by atomic mass is 16.3. The first-order valence-electron chi connectivity index (χ1n) is 5.41. The fraction of sp³-hybridized carbons (Fsp3) is 0.333. The minimum atomic E-state index is -0.650. The molecule has 0 aromatic carbocycles. The summed E-state index contributed by atoms with van der Waals surface area (Å²) in [5, 5.41) is 10.2. The first-order valence-corrected chi connectivity index (χ1v) is 5.41. The van der Waals surface area contributed by atoms with Crippen LogP contribution in [0.1, 0.15) is 30.7 Å². The predicted molar refractivity (Wildman–Crippen MR) is 60.8 cm³/mol. The van der Waals surface area contributed by atoms with Gasteiger partial charge < -0.3 is 9.67 Å². The van der Waals surface area contributed by atoms with Gasteiger partial charge in [-0.2, -0.15) is 0 Å². The van der Waals surface area contributed by atoms with E-state index >= 15 is 0 Å². The van der Waals surface area contributed by atoms with Gasteiger partial charge in [0.25, 0.3) is 0 Å². The molecule has 0 bridgehead atoms. The van der Waals surface area contributed by atoms with E-state index in [-0.39, 0.29) is 0 Å². The lowest BCUT2D eigenvalue weighted by Crippen LogP contribution is -2.08. The summed E-state index contributed by atoms with van der Waals surface area (Å²) in [5.41, 5.74) is 1.61. The van der Waals surface area contributed by atoms with Crippen molar-refractivity contribution in [3.05, 3.63) is 48.3 Å². The quantitative estimate of drug-likeness (QED) is 0.849. The van der Waals surface area contributed by atoms with Crippen molar-refractivity contribution in [2.24, 2.45) is 0 Å². The van der Waals surface area contributed by atoms with Crippen LogP contribution < -0.4 is 0 Å². The molecule has 0 fully saturated rings. The fourth-order valence-corrected chi connectivity index (χ4v) is 1.69. The van der Waals surface area contributed by atoms with E-state index in [9.17, 15) is 5.11 Å². The molecule has 2 rings (SSSR count). The monoisotopic (exact) mass is 217 g/mol. The molecule has 0 aliphatic rings. The van der Waals surface area contributed by atoms with Crippen LogP contribution in [0.4, 0.5) is 0 Å². The molecule has 0 spiro atoms. The van der Waals surface area contributed by atoms with Gasteiger partial charge in [-0.25, -0.2) is 4.98 Å². The number of imidazole rings is 1. The highest BCUT2D eigenvalue weighted by molar-refractivity contribution is 5.21. The maximum Gasteiger partial charge on any atom is 0.122 e. The Morgan fingerprint density at radius 2 is 2.25 bits per heavy atom. The molecule has 1 N–H and O–H groups in total. The predicted octanol–water partition coefficient (Wildman–Crippen LogP) is 1.77. The van der Waals surface area contributed by atoms with Crippen molar-refractivity contribution in [2.75, 3.05) is 0 Å². The second-order valence-electron chi connectivity index (χ2n) is 3.70. The third-order valence-corrected chi connectivity index (χ3v) is 2.49. The van der Waals surface area contributed by atoms with E-state index in [1.54, 1.807) is 24.9 Å². The summed E-state index contributed by atoms with van der Waals surface area (Å²) in [6.07, 6.45) is 7.19. The summed E-state index contributed by atoms with van der Waals surface area (Å²) in [6, 6.07) is 3.68. The summed E-state index contributed by atoms with van der Waals surface area (Å²) in [5.74, 6) is 0. The van der Waals surface area contributed by atoms with Crippen LogP contribution in [0.3, 0.4) is 0 Å². The second kappa shape index (κ2) is 4.90. The number of rotatable bonds is 4. The van der Waals surface area contributed by atoms with Gasteiger partial charge in [0.15, 0.2) is 0 Å². The molecule has 4 nitrogen and oxygen atoms in total. The summed E-state index contributed by atoms with van der Waals surface area (Å²) < 4.78 is 1.97. The van der Waals surface area contributed by atoms with E-state index in [4.69, 9.17) is 0 Å². The van der Waals surface area contributed by atoms with Crippen LogP contribution in [0.25, 0.3) is 0 Å². The van der Waals surface area contributed by atoms with Crippen molar-refractivity contribution in [2.45, 2.75) is 26.0 Å². The highest BCUT2D eigenvalue weighted by Crippen LogP contribution is 2.20. The van der Waals surface area contributed by atoms with Gasteiger partial charge in [0.1, 0.15) is 6.10 Å². The van der Waals surface area contributed by atoms with E-state index in [1.165, 1.54) is 0 Å². The van der Waals surface area contributed by atoms with E-state index in [2.05, 4.69) is 16.9 Å². The van der Waals surface area contributed by atoms with E-state index in [0.29, 0.717) is 0 Å². The number of aryl methyl sites for hydroxylation is 1. The summed E-state index contributed by atoms with van der Waals surface area (Å²) in [6.45, 7) is 2.97. The molecule has 0 aliphatic carbocycles. The Labute approximate surface area is 94.6 Å². The van der Waals surface area contributed by atoms with Crippen molar-refractivity contribution in [3.8, 4) is 0 Å². The van der Waals surface area contributed by atoms with Crippen LogP contribution in [-0.2, 0) is 6.54 Å². The molecule has 0 amide bonds. The largest absolute Gasteiger partial charge is 0.382 e. The lowest BCUT2D eigenvalue weighted by molar-refractivity contribution is 0.209. The summed E-state index contributed by atoms with van der Waals surface area (Å²) in [7, 11) is 0. The Morgan fingerprint density at radius 1 is 1.38 bits per heavy atom. The van der Waals surface area contributed by atoms with Gasteiger partial charge in [-0.15, -0.1) is 0 Å². The maximum atomic E-state index is 10.2. The normalized spacial score (nSPS) is 12.6. The molecule has 4 heteroatoms. The molecule has 84 valence electrons. The van der Waals surface area contributed by atoms with Gasteiger partial charge in [-0.1, -0.05) is 13.0 Å². The van der Waals surface area contributed by atoms with Gasteiger partial charge in [-0.05, 0) is 12.5 Å². The van der Waals surface area contributed by atoms with Gasteiger partial charge in [0, 0.05) is 24.5 Å². The minimum Gasteiger partial charge on any atom is -0.382 e. The number of aromatic nitrogens is 3. The van der Waals surface area contributed by atoms with Crippen LogP contribution in [0, 0.1) is 0 Å². The fourth-order valence-electron chi connectivity index (χ4n) is 1.69. The Hall–Kier alpha value is -1.68. The highest BCUT2D eigenvalue weighted by Gasteiger charge is 2.14. The Kier molecular flexibility index (Phi) is 3.31. The van der Waals surface area contributed by atoms with Crippen molar-refractivity contribution < 1.29 is 5.11 Å². The lowest BCUT2D eigenvalue weighted by Gasteiger charge is -2.13. The summed E-state index contributed by atoms with van der Waals surface area (Å²) >= 11 is 0. The maximum absolute atomic E-state index is 10.2. The molecule has 1 atom stereocenters. The van der Waals surface area contributed by atoms with Crippen molar-refractivity contribution in [1.82, 2.24) is 14.5 Å². The Morgan fingerprint density at radius 3 is 2.94 bits per heavy atom. The molecule has 1 unspecified atom stereocenters. The Bertz CT molecular complexity index is 439. The molecule has 16 heavy (non-hydrogen) atoms. The number of hydrogen-bond acceptors (Lipinski definition) is 3. The first-order chi connectivity index (χ1) is 7.83. The minimum absolute atomic E-state index is 0.650. The number of hydrogen-bond donors (Lipinski definition) is 1. The van der Waals surface area contributed by atoms with Crippen molar-refractivity contribution in [1.29, 1.82) is 0 Å². The molecule has 2 aromatic heterocycles. The molecule has 0 saturated heterocycles. The first kappa shape index (κ1) is 10.8. The number of aliphatic hydroxyl groups excluding tert-OH is 1. The molecule has 0 saturated carbocycles. The van der Waals surface area contributed by atoms with E-state index < -0.39 is 6.10 Å². The second-order valence-corrected chi connectivity index (χ2v) is 3.70. The number of nitrogens with zero attached hydrogens (tertiary/aromatic N) is 3.